The monoisotopic (exact) mass is 1190 g/mol. The number of Topliss-reactive ketones (excluding diaryl/α,β-unsaturated/α-hetero) is 3. The third-order valence-electron chi connectivity index (χ3n) is 14.2. The Morgan fingerprint density at radius 1 is 0.628 bits per heavy atom. The molecule has 0 radical (unpaired) electrons. The highest BCUT2D eigenvalue weighted by molar-refractivity contribution is 6.44. The number of halogens is 4. The lowest BCUT2D eigenvalue weighted by atomic mass is 9.66. The summed E-state index contributed by atoms with van der Waals surface area (Å²) in [6.07, 6.45) is 1.59. The molecule has 19 nitrogen and oxygen atoms in total. The molecule has 0 unspecified atom stereocenters. The number of rotatable bonds is 23. The van der Waals surface area contributed by atoms with E-state index in [4.69, 9.17) is 0 Å². The van der Waals surface area contributed by atoms with Crippen LogP contribution in [0.1, 0.15) is 141 Å². The van der Waals surface area contributed by atoms with E-state index in [1.54, 1.807) is 52.0 Å². The minimum absolute atomic E-state index is 0.0543. The van der Waals surface area contributed by atoms with Gasteiger partial charge in [-0.15, -0.1) is 0 Å². The number of aryl methyl sites for hydroxylation is 1. The fourth-order valence-electron chi connectivity index (χ4n) is 8.98. The van der Waals surface area contributed by atoms with E-state index >= 15 is 0 Å². The zero-order valence-electron chi connectivity index (χ0n) is 49.1. The van der Waals surface area contributed by atoms with E-state index in [1.807, 2.05) is 58.0 Å². The van der Waals surface area contributed by atoms with Crippen LogP contribution in [-0.2, 0) is 33.4 Å². The van der Waals surface area contributed by atoms with E-state index in [0.717, 1.165) is 23.3 Å². The quantitative estimate of drug-likeness (QED) is 0.0189. The molecule has 6 aromatic rings. The number of para-hydroxylation sites is 2. The molecule has 7 rings (SSSR count). The van der Waals surface area contributed by atoms with Crippen molar-refractivity contribution >= 4 is 67.5 Å². The number of nitrogens with one attached hydrogen (secondary N) is 3. The van der Waals surface area contributed by atoms with E-state index in [-0.39, 0.29) is 66.0 Å². The van der Waals surface area contributed by atoms with Crippen LogP contribution in [0.5, 0.6) is 0 Å². The van der Waals surface area contributed by atoms with Crippen molar-refractivity contribution in [2.75, 3.05) is 0 Å². The van der Waals surface area contributed by atoms with E-state index in [2.05, 4.69) is 35.9 Å². The molecular formula is C60H72B3F4N7O12. The number of alkyl halides is 3. The van der Waals surface area contributed by atoms with Crippen LogP contribution in [0.25, 0.3) is 11.0 Å². The fourth-order valence-corrected chi connectivity index (χ4v) is 8.98. The van der Waals surface area contributed by atoms with Crippen LogP contribution in [0.3, 0.4) is 0 Å². The topological polar surface area (TPSA) is 311 Å². The van der Waals surface area contributed by atoms with Gasteiger partial charge in [-0.25, -0.2) is 14.4 Å². The Balaban J connectivity index is 0.000000238. The first-order valence-electron chi connectivity index (χ1n) is 27.7. The highest BCUT2D eigenvalue weighted by Crippen LogP contribution is 2.41. The van der Waals surface area contributed by atoms with Gasteiger partial charge in [0.15, 0.2) is 17.3 Å². The van der Waals surface area contributed by atoms with Crippen molar-refractivity contribution < 1.29 is 76.5 Å². The molecule has 2 heterocycles. The summed E-state index contributed by atoms with van der Waals surface area (Å²) in [4.78, 5) is 92.0. The van der Waals surface area contributed by atoms with Gasteiger partial charge < -0.3 is 46.1 Å². The molecule has 0 saturated heterocycles. The van der Waals surface area contributed by atoms with Crippen LogP contribution in [0.2, 0.25) is 5.82 Å². The van der Waals surface area contributed by atoms with Crippen LogP contribution < -0.4 is 16.0 Å². The number of carbonyl (C=O) groups excluding carboxylic acids is 6. The Morgan fingerprint density at radius 3 is 1.71 bits per heavy atom. The molecule has 86 heavy (non-hydrogen) atoms. The lowest BCUT2D eigenvalue weighted by molar-refractivity contribution is -0.138. The number of amides is 3. The largest absolute Gasteiger partial charge is 0.475 e. The van der Waals surface area contributed by atoms with Gasteiger partial charge in [0, 0.05) is 37.5 Å². The summed E-state index contributed by atoms with van der Waals surface area (Å²) in [5.74, 6) is -6.28. The van der Waals surface area contributed by atoms with Gasteiger partial charge in [-0.05, 0) is 85.9 Å². The maximum atomic E-state index is 13.9. The van der Waals surface area contributed by atoms with Crippen molar-refractivity contribution in [2.24, 2.45) is 16.2 Å². The summed E-state index contributed by atoms with van der Waals surface area (Å²) in [5.41, 5.74) is -1.59. The second kappa shape index (κ2) is 29.7. The van der Waals surface area contributed by atoms with Crippen LogP contribution in [0, 0.1) is 29.0 Å². The molecule has 9 N–H and O–H groups in total. The summed E-state index contributed by atoms with van der Waals surface area (Å²) < 4.78 is 53.5. The van der Waals surface area contributed by atoms with Gasteiger partial charge in [0.25, 0.3) is 5.91 Å². The predicted molar refractivity (Wildman–Crippen MR) is 315 cm³/mol. The molecular weight excluding hydrogens is 1120 g/mol. The minimum atomic E-state index is -4.70. The fraction of sp³-hybridized carbons (Fsp3) is 0.400. The van der Waals surface area contributed by atoms with E-state index in [0.29, 0.717) is 30.3 Å². The van der Waals surface area contributed by atoms with Crippen molar-refractivity contribution in [3.05, 3.63) is 167 Å². The molecule has 1 saturated carbocycles. The lowest BCUT2D eigenvalue weighted by Gasteiger charge is -2.30. The van der Waals surface area contributed by atoms with Crippen LogP contribution in [-0.4, -0.2) is 124 Å². The highest BCUT2D eigenvalue weighted by Gasteiger charge is 2.52. The summed E-state index contributed by atoms with van der Waals surface area (Å²) in [5, 5.41) is 65.5. The normalized spacial score (nSPS) is 13.9. The molecule has 1 aliphatic rings. The molecule has 1 aliphatic carbocycles. The summed E-state index contributed by atoms with van der Waals surface area (Å²) in [7, 11) is -5.32. The van der Waals surface area contributed by atoms with Crippen molar-refractivity contribution in [1.29, 1.82) is 0 Å². The van der Waals surface area contributed by atoms with Gasteiger partial charge in [0.2, 0.25) is 11.8 Å². The number of ketones is 3. The summed E-state index contributed by atoms with van der Waals surface area (Å²) >= 11 is 0. The molecule has 2 aromatic heterocycles. The second-order valence-corrected chi connectivity index (χ2v) is 23.9. The van der Waals surface area contributed by atoms with E-state index < -0.39 is 102 Å². The maximum Gasteiger partial charge on any atom is 0.475 e. The van der Waals surface area contributed by atoms with Gasteiger partial charge in [-0.1, -0.05) is 121 Å². The first-order valence-corrected chi connectivity index (χ1v) is 27.7. The average Bonchev–Trinajstić information content (AvgIpc) is 2.26. The molecule has 3 atom stereocenters. The molecule has 0 bridgehead atoms. The Kier molecular flexibility index (Phi) is 23.9. The predicted octanol–water partition coefficient (Wildman–Crippen LogP) is 6.44. The molecule has 0 aliphatic heterocycles. The molecule has 3 amide bonds. The SMILES string of the molecule is CC(C)(C)C[C@H](NC(=O)C(C)(C)CC(=O)c1cnccn1)B(O)O.CC(C)(CC(=O)c1cnc2ccccc2n1)C(=O)N[C@@H](Cc1ccccc1F)B(O)O.Cc1ccc(C[C@H](CC(=O)C2(NC(=O)c3ccccc3C(F)(F)F)CC2)B(O)O)cc1. The van der Waals surface area contributed by atoms with Crippen molar-refractivity contribution in [1.82, 2.24) is 35.9 Å². The molecule has 4 aromatic carbocycles. The number of fused-ring (bicyclic) bond motifs is 1. The number of carbonyl (C=O) groups is 6. The minimum Gasteiger partial charge on any atom is -0.427 e. The Hall–Kier alpha value is -7.61. The standard InChI is InChI=1S/C22H23BF3NO4.C22H23BFN3O4.C16H26BN3O4/c1-14-6-8-15(9-7-14)12-16(23(30)31)13-19(28)21(10-11-21)27-20(29)17-4-2-3-5-18(17)22(24,25)26;1-22(2,12-19(28)18-13-25-16-9-5-6-10-17(16)26-18)21(29)27-20(23(30)31)11-14-7-3-4-8-15(14)24;1-15(2,3)9-13(17(23)24)20-14(22)16(4,5)8-12(21)11-10-18-6-7-19-11/h2-9,16,30-31H,10-13H2,1H3,(H,27,29);3-10,13,20,30-31H,11-12H2,1-2H3,(H,27,29);6-7,10,13,23-24H,8-9H2,1-5H3,(H,20,22)/t16-;20-;13-/m100/s1. The number of benzene rings is 4. The molecule has 0 spiro atoms. The zero-order valence-corrected chi connectivity index (χ0v) is 49.1. The summed E-state index contributed by atoms with van der Waals surface area (Å²) in [6, 6.07) is 24.8. The third-order valence-corrected chi connectivity index (χ3v) is 14.2. The third kappa shape index (κ3) is 20.5. The van der Waals surface area contributed by atoms with Crippen LogP contribution in [0.15, 0.2) is 122 Å². The number of hydrogen-bond donors (Lipinski definition) is 9. The zero-order chi connectivity index (χ0) is 64.0. The van der Waals surface area contributed by atoms with Gasteiger partial charge in [-0.2, -0.15) is 13.2 Å². The Bertz CT molecular complexity index is 3310. The van der Waals surface area contributed by atoms with Gasteiger partial charge in [-0.3, -0.25) is 38.7 Å². The number of hydrogen-bond acceptors (Lipinski definition) is 16. The number of aromatic nitrogens is 4. The van der Waals surface area contributed by atoms with Crippen LogP contribution in [0.4, 0.5) is 17.6 Å². The maximum absolute atomic E-state index is 13.9. The molecule has 1 fully saturated rings. The molecule has 456 valence electrons. The second-order valence-electron chi connectivity index (χ2n) is 23.9. The van der Waals surface area contributed by atoms with Crippen molar-refractivity contribution in [3.8, 4) is 0 Å². The van der Waals surface area contributed by atoms with Gasteiger partial charge >= 0.3 is 27.5 Å². The Labute approximate surface area is 497 Å². The van der Waals surface area contributed by atoms with E-state index in [9.17, 15) is 76.5 Å². The summed E-state index contributed by atoms with van der Waals surface area (Å²) in [6.45, 7) is 14.1. The highest BCUT2D eigenvalue weighted by atomic mass is 19.4. The lowest BCUT2D eigenvalue weighted by Crippen LogP contribution is -2.52. The van der Waals surface area contributed by atoms with E-state index in [1.165, 1.54) is 55.1 Å². The Morgan fingerprint density at radius 2 is 1.17 bits per heavy atom. The average molecular weight is 1190 g/mol. The smallest absolute Gasteiger partial charge is 0.427 e. The van der Waals surface area contributed by atoms with Gasteiger partial charge in [0.1, 0.15) is 17.2 Å². The van der Waals surface area contributed by atoms with Crippen LogP contribution >= 0.6 is 0 Å². The molecule has 26 heteroatoms. The van der Waals surface area contributed by atoms with Crippen molar-refractivity contribution in [3.63, 3.8) is 0 Å². The van der Waals surface area contributed by atoms with Crippen molar-refractivity contribution in [2.45, 2.75) is 136 Å². The first kappa shape index (κ1) is 69.2. The van der Waals surface area contributed by atoms with Gasteiger partial charge in [0.05, 0.1) is 62.8 Å². The number of nitrogens with zero attached hydrogens (tertiary/aromatic N) is 4. The first-order chi connectivity index (χ1) is 40.1.